The van der Waals surface area contributed by atoms with E-state index in [1.807, 2.05) is 0 Å². The van der Waals surface area contributed by atoms with E-state index in [0.29, 0.717) is 16.5 Å². The molecule has 4 N–H and O–H groups in total. The number of hydrogen-bond acceptors (Lipinski definition) is 10. The minimum atomic E-state index is -4.51. The molecule has 1 radical (unpaired) electrons. The van der Waals surface area contributed by atoms with E-state index in [4.69, 9.17) is 0 Å². The third-order valence-electron chi connectivity index (χ3n) is 5.98. The molecule has 0 saturated heterocycles. The number of benzene rings is 5. The molecule has 0 bridgehead atoms. The van der Waals surface area contributed by atoms with Crippen LogP contribution < -0.4 is 32.4 Å². The molecule has 5 rings (SSSR count). The molecule has 0 spiro atoms. The molecule has 0 aliphatic rings. The van der Waals surface area contributed by atoms with Crippen molar-refractivity contribution in [3.63, 3.8) is 0 Å². The average molecular weight is 602 g/mol. The second-order valence-electron chi connectivity index (χ2n) is 8.47. The van der Waals surface area contributed by atoms with E-state index in [2.05, 4.69) is 21.1 Å². The first-order valence-electron chi connectivity index (χ1n) is 11.4. The van der Waals surface area contributed by atoms with Crippen molar-refractivity contribution in [1.29, 1.82) is 0 Å². The summed E-state index contributed by atoms with van der Waals surface area (Å²) in [6, 6.07) is 20.0. The van der Waals surface area contributed by atoms with E-state index in [9.17, 15) is 35.5 Å². The number of fused-ring (bicyclic) bond motifs is 2. The van der Waals surface area contributed by atoms with Crippen LogP contribution in [0.3, 0.4) is 0 Å². The van der Waals surface area contributed by atoms with Gasteiger partial charge in [-0.15, -0.1) is 0 Å². The van der Waals surface area contributed by atoms with Crippen molar-refractivity contribution in [2.45, 2.75) is 9.79 Å². The van der Waals surface area contributed by atoms with Crippen LogP contribution in [0.2, 0.25) is 0 Å². The summed E-state index contributed by atoms with van der Waals surface area (Å²) in [5, 5.41) is 8.56. The van der Waals surface area contributed by atoms with Gasteiger partial charge in [0.1, 0.15) is 15.1 Å². The van der Waals surface area contributed by atoms with Crippen LogP contribution in [0, 0.1) is 0 Å². The van der Waals surface area contributed by atoms with Crippen molar-refractivity contribution in [3.05, 3.63) is 116 Å². The second-order valence-corrected chi connectivity index (χ2v) is 11.3. The van der Waals surface area contributed by atoms with Crippen LogP contribution in [0.1, 0.15) is 0 Å². The van der Waals surface area contributed by atoms with Gasteiger partial charge in [-0.2, -0.15) is 27.0 Å². The molecule has 0 saturated carbocycles. The van der Waals surface area contributed by atoms with Crippen LogP contribution in [-0.2, 0) is 20.2 Å². The topological polar surface area (TPSA) is 192 Å². The maximum atomic E-state index is 13.0. The summed E-state index contributed by atoms with van der Waals surface area (Å²) in [6.07, 6.45) is 0. The van der Waals surface area contributed by atoms with Crippen LogP contribution in [0.4, 0.5) is 11.4 Å². The molecule has 0 aliphatic carbocycles. The number of anilines is 2. The van der Waals surface area contributed by atoms with Gasteiger partial charge >= 0.3 is 0 Å². The summed E-state index contributed by atoms with van der Waals surface area (Å²) in [4.78, 5) is 24.9. The molecular formula is C26H18N4NaO8S2. The molecule has 15 heteroatoms. The molecule has 0 atom stereocenters. The summed E-state index contributed by atoms with van der Waals surface area (Å²) >= 11 is 0. The Morgan fingerprint density at radius 1 is 0.561 bits per heavy atom. The molecule has 0 unspecified atom stereocenters. The average Bonchev–Trinajstić information content (AvgIpc) is 2.91. The number of rotatable bonds is 6. The van der Waals surface area contributed by atoms with Crippen molar-refractivity contribution in [3.8, 4) is 0 Å². The molecule has 0 aliphatic heterocycles. The largest absolute Gasteiger partial charge is 0.295 e. The number of hydrogen-bond donors (Lipinski definition) is 4. The fourth-order valence-corrected chi connectivity index (χ4v) is 5.55. The standard InChI is InChI=1S/C26H18N4O8S2.Na/c31-22-12-9-21(29-27-19-10-13-23(39(33,34)35)17-7-3-1-5-15(17)19)26(32)25(22)30-28-20-11-14-24(40(36,37)38)18-8-4-2-6-16(18)20;/h1-14,27-28H,(H,33,34,35)(H,36,37,38);/b29-21+,30-25+;. The van der Waals surface area contributed by atoms with Crippen LogP contribution in [0.5, 0.6) is 0 Å². The minimum Gasteiger partial charge on any atom is -0.287 e. The zero-order valence-electron chi connectivity index (χ0n) is 21.1. The molecule has 0 aromatic heterocycles. The van der Waals surface area contributed by atoms with Gasteiger partial charge in [0.25, 0.3) is 20.2 Å². The normalized spacial score (nSPS) is 12.8. The quantitative estimate of drug-likeness (QED) is 0.126. The summed E-state index contributed by atoms with van der Waals surface area (Å²) in [6.45, 7) is 0. The van der Waals surface area contributed by atoms with Gasteiger partial charge in [0.05, 0.1) is 11.4 Å². The van der Waals surface area contributed by atoms with Gasteiger partial charge < -0.3 is 0 Å². The Hall–Kier alpha value is -3.76. The summed E-state index contributed by atoms with van der Waals surface area (Å²) < 4.78 is 66.0. The summed E-state index contributed by atoms with van der Waals surface area (Å²) in [5.74, 6) is 0. The van der Waals surface area contributed by atoms with Gasteiger partial charge in [-0.25, -0.2) is 0 Å². The first-order chi connectivity index (χ1) is 18.9. The third-order valence-corrected chi connectivity index (χ3v) is 7.81. The van der Waals surface area contributed by atoms with Crippen LogP contribution in [0.25, 0.3) is 21.5 Å². The Morgan fingerprint density at radius 2 is 1.00 bits per heavy atom. The Balaban J connectivity index is 0.00000387. The zero-order valence-corrected chi connectivity index (χ0v) is 24.8. The summed E-state index contributed by atoms with van der Waals surface area (Å²) in [7, 11) is -8.99. The molecule has 41 heavy (non-hydrogen) atoms. The Labute approximate surface area is 254 Å². The molecular weight excluding hydrogens is 583 g/mol. The van der Waals surface area contributed by atoms with E-state index < -0.39 is 36.5 Å². The van der Waals surface area contributed by atoms with Crippen molar-refractivity contribution in [1.82, 2.24) is 0 Å². The molecule has 5 aromatic rings. The van der Waals surface area contributed by atoms with E-state index in [-0.39, 0.29) is 61.2 Å². The van der Waals surface area contributed by atoms with Crippen molar-refractivity contribution in [2.24, 2.45) is 10.2 Å². The van der Waals surface area contributed by atoms with E-state index in [1.165, 1.54) is 42.5 Å². The molecule has 0 heterocycles. The van der Waals surface area contributed by atoms with Gasteiger partial charge in [0, 0.05) is 51.1 Å². The second kappa shape index (κ2) is 11.6. The van der Waals surface area contributed by atoms with Gasteiger partial charge in [0.15, 0.2) is 5.36 Å². The van der Waals surface area contributed by atoms with E-state index in [1.54, 1.807) is 36.4 Å². The number of nitrogens with zero attached hydrogens (tertiary/aromatic N) is 2. The molecule has 0 amide bonds. The third kappa shape index (κ3) is 6.13. The molecule has 12 nitrogen and oxygen atoms in total. The molecule has 0 fully saturated rings. The van der Waals surface area contributed by atoms with Gasteiger partial charge in [-0.05, 0) is 36.4 Å². The summed E-state index contributed by atoms with van der Waals surface area (Å²) in [5.41, 5.74) is 4.40. The molecule has 5 aromatic carbocycles. The first-order valence-corrected chi connectivity index (χ1v) is 14.3. The Morgan fingerprint density at radius 3 is 1.46 bits per heavy atom. The number of nitrogens with one attached hydrogen (secondary N) is 2. The maximum absolute atomic E-state index is 13.0. The predicted octanol–water partition coefficient (Wildman–Crippen LogP) is 1.56. The SMILES string of the molecule is O=c1cc/c(=N\Nc2ccc(S(=O)(=O)O)c3ccccc23)c(=O)/c1=N/Nc1ccc(S(=O)(=O)O)c2ccccc12.[Na]. The van der Waals surface area contributed by atoms with Crippen LogP contribution >= 0.6 is 0 Å². The Kier molecular flexibility index (Phi) is 8.56. The van der Waals surface area contributed by atoms with Gasteiger partial charge in [-0.3, -0.25) is 29.5 Å². The van der Waals surface area contributed by atoms with Gasteiger partial charge in [0.2, 0.25) is 10.9 Å². The zero-order chi connectivity index (χ0) is 28.7. The molecule has 203 valence electrons. The Bertz CT molecular complexity index is 2280. The fourth-order valence-electron chi connectivity index (χ4n) is 4.16. The predicted molar refractivity (Wildman–Crippen MR) is 153 cm³/mol. The van der Waals surface area contributed by atoms with E-state index >= 15 is 0 Å². The monoisotopic (exact) mass is 601 g/mol. The first kappa shape index (κ1) is 30.2. The minimum absolute atomic E-state index is 0. The van der Waals surface area contributed by atoms with Crippen LogP contribution in [-0.4, -0.2) is 55.5 Å². The van der Waals surface area contributed by atoms with Crippen molar-refractivity contribution >= 4 is 82.7 Å². The van der Waals surface area contributed by atoms with Gasteiger partial charge in [-0.1, -0.05) is 48.5 Å². The van der Waals surface area contributed by atoms with Crippen molar-refractivity contribution in [2.75, 3.05) is 10.9 Å². The van der Waals surface area contributed by atoms with Crippen LogP contribution in [0.15, 0.2) is 115 Å². The fraction of sp³-hybridized carbons (Fsp3) is 0. The maximum Gasteiger partial charge on any atom is 0.295 e. The van der Waals surface area contributed by atoms with E-state index in [0.717, 1.165) is 6.07 Å². The van der Waals surface area contributed by atoms with Crippen molar-refractivity contribution < 1.29 is 25.9 Å². The smallest absolute Gasteiger partial charge is 0.287 e.